The van der Waals surface area contributed by atoms with Crippen molar-refractivity contribution >= 4 is 10.2 Å². The normalized spacial score (nSPS) is 17.0. The minimum absolute atomic E-state index is 0.278. The van der Waals surface area contributed by atoms with E-state index in [1.807, 2.05) is 0 Å². The molecule has 0 unspecified atom stereocenters. The summed E-state index contributed by atoms with van der Waals surface area (Å²) in [5, 5.41) is 3.72. The van der Waals surface area contributed by atoms with Gasteiger partial charge in [0.25, 0.3) is 0 Å². The van der Waals surface area contributed by atoms with Gasteiger partial charge in [-0.3, -0.25) is 0 Å². The van der Waals surface area contributed by atoms with Gasteiger partial charge in [0.2, 0.25) is 6.79 Å². The van der Waals surface area contributed by atoms with Gasteiger partial charge in [-0.1, -0.05) is 11.6 Å². The molecule has 1 fully saturated rings. The van der Waals surface area contributed by atoms with Gasteiger partial charge in [0.1, 0.15) is 0 Å². The Morgan fingerprint density at radius 3 is 1.50 bits per heavy atom. The van der Waals surface area contributed by atoms with Crippen LogP contribution in [-0.2, 0) is 14.8 Å². The fraction of sp³-hybridized carbons (Fsp3) is 1.00. The van der Waals surface area contributed by atoms with Crippen molar-refractivity contribution in [3.05, 3.63) is 0 Å². The molecular formula is C2H5O3Si. The van der Waals surface area contributed by atoms with Gasteiger partial charge < -0.3 is 0 Å². The van der Waals surface area contributed by atoms with Gasteiger partial charge in [0.15, 0.2) is 0 Å². The number of hydrogen-bond donors (Lipinski definition) is 0. The first kappa shape index (κ1) is 6.10. The molecule has 0 aliphatic carbocycles. The summed E-state index contributed by atoms with van der Waals surface area (Å²) in [5.41, 5.74) is 0. The lowest BCUT2D eigenvalue weighted by Crippen LogP contribution is -2.10. The Bertz CT molecular complexity index is 16.8. The van der Waals surface area contributed by atoms with E-state index < -0.39 is 0 Å². The van der Waals surface area contributed by atoms with E-state index in [1.54, 1.807) is 6.55 Å². The molecular weight excluding hydrogens is 100 g/mol. The Balaban J connectivity index is 0.000000112. The summed E-state index contributed by atoms with van der Waals surface area (Å²) in [4.78, 5) is 8.00. The largest absolute Gasteiger partial charge is 0.220 e. The minimum Gasteiger partial charge on any atom is -0.174 e. The molecule has 4 heteroatoms. The van der Waals surface area contributed by atoms with Crippen LogP contribution in [0.1, 0.15) is 0 Å². The smallest absolute Gasteiger partial charge is 0.174 e. The first-order valence-electron chi connectivity index (χ1n) is 1.41. The predicted molar refractivity (Wildman–Crippen MR) is 19.7 cm³/mol. The molecule has 3 nitrogen and oxygen atoms in total. The Labute approximate surface area is 39.5 Å². The third-order valence-corrected chi connectivity index (χ3v) is 0.192. The van der Waals surface area contributed by atoms with Crippen LogP contribution in [0.3, 0.4) is 0 Å². The average molecular weight is 105 g/mol. The third-order valence-electron chi connectivity index (χ3n) is 0.192. The lowest BCUT2D eigenvalue weighted by molar-refractivity contribution is -0.652. The van der Waals surface area contributed by atoms with E-state index in [1.165, 1.54) is 0 Å². The fourth-order valence-electron chi connectivity index (χ4n) is 0.0481. The lowest BCUT2D eigenvalue weighted by Gasteiger charge is -2.06. The van der Waals surface area contributed by atoms with Crippen LogP contribution >= 0.6 is 0 Å². The second-order valence-electron chi connectivity index (χ2n) is 0.422. The summed E-state index contributed by atoms with van der Waals surface area (Å²) < 4.78 is 0. The summed E-state index contributed by atoms with van der Waals surface area (Å²) >= 11 is 0. The van der Waals surface area contributed by atoms with Crippen molar-refractivity contribution in [1.29, 1.82) is 0 Å². The summed E-state index contributed by atoms with van der Waals surface area (Å²) in [6, 6.07) is 0. The van der Waals surface area contributed by atoms with E-state index in [0.717, 1.165) is 0 Å². The molecule has 0 atom stereocenters. The summed E-state index contributed by atoms with van der Waals surface area (Å²) in [6.07, 6.45) is 0. The molecule has 1 aliphatic heterocycles. The summed E-state index contributed by atoms with van der Waals surface area (Å²) in [7, 11) is 2.97. The molecule has 0 spiro atoms. The van der Waals surface area contributed by atoms with E-state index in [0.29, 0.717) is 0 Å². The molecule has 0 aromatic heterocycles. The van der Waals surface area contributed by atoms with Gasteiger partial charge >= 0.3 is 0 Å². The first-order valence-corrected chi connectivity index (χ1v) is 2.41. The summed E-state index contributed by atoms with van der Waals surface area (Å²) in [5.74, 6) is 0. The highest BCUT2D eigenvalue weighted by molar-refractivity contribution is 6.05. The van der Waals surface area contributed by atoms with E-state index in [-0.39, 0.29) is 6.79 Å². The van der Waals surface area contributed by atoms with Gasteiger partial charge in [-0.05, 0) is 0 Å². The Morgan fingerprint density at radius 2 is 1.50 bits per heavy atom. The van der Waals surface area contributed by atoms with Crippen LogP contribution in [0.5, 0.6) is 0 Å². The predicted octanol–water partition coefficient (Wildman–Crippen LogP) is 0.0403. The van der Waals surface area contributed by atoms with Crippen molar-refractivity contribution in [3.8, 4) is 0 Å². The van der Waals surface area contributed by atoms with Gasteiger partial charge in [-0.2, -0.15) is 9.78 Å². The first-order chi connectivity index (χ1) is 3.00. The molecule has 0 aromatic rings. The molecule has 6 heavy (non-hydrogen) atoms. The molecule has 0 N–H and O–H groups in total. The maximum Gasteiger partial charge on any atom is 0.220 e. The van der Waals surface area contributed by atoms with E-state index in [9.17, 15) is 0 Å². The molecule has 3 radical (unpaired) electrons. The molecule has 1 saturated heterocycles. The van der Waals surface area contributed by atoms with Crippen molar-refractivity contribution in [2.24, 2.45) is 0 Å². The van der Waals surface area contributed by atoms with E-state index >= 15 is 0 Å². The van der Waals surface area contributed by atoms with E-state index in [2.05, 4.69) is 25.1 Å². The van der Waals surface area contributed by atoms with Crippen LogP contribution in [0, 0.1) is 0 Å². The van der Waals surface area contributed by atoms with Crippen molar-refractivity contribution in [2.45, 2.75) is 6.55 Å². The third kappa shape index (κ3) is 2.34. The number of rotatable bonds is 0. The monoisotopic (exact) mass is 105 g/mol. The van der Waals surface area contributed by atoms with E-state index in [4.69, 9.17) is 0 Å². The van der Waals surface area contributed by atoms with Crippen molar-refractivity contribution in [3.63, 3.8) is 0 Å². The molecule has 1 heterocycles. The van der Waals surface area contributed by atoms with Crippen molar-refractivity contribution < 1.29 is 14.8 Å². The SMILES string of the molecule is C1OOO1.C[Si]. The second-order valence-corrected chi connectivity index (χ2v) is 0.422. The van der Waals surface area contributed by atoms with Gasteiger partial charge in [0, 0.05) is 10.2 Å². The Hall–Kier alpha value is 0.0969. The topological polar surface area (TPSA) is 27.7 Å². The zero-order valence-electron chi connectivity index (χ0n) is 3.43. The van der Waals surface area contributed by atoms with Gasteiger partial charge in [-0.25, -0.2) is 0 Å². The quantitative estimate of drug-likeness (QED) is 0.321. The van der Waals surface area contributed by atoms with Crippen molar-refractivity contribution in [1.82, 2.24) is 0 Å². The van der Waals surface area contributed by atoms with Crippen LogP contribution < -0.4 is 0 Å². The van der Waals surface area contributed by atoms with Crippen LogP contribution in [0.2, 0.25) is 6.55 Å². The highest BCUT2D eigenvalue weighted by Gasteiger charge is 1.96. The molecule has 0 bridgehead atoms. The summed E-state index contributed by atoms with van der Waals surface area (Å²) in [6.45, 7) is 2.08. The Kier molecular flexibility index (Phi) is 5.18. The molecule has 1 rings (SSSR count). The minimum atomic E-state index is 0.278. The number of hydrogen-bond acceptors (Lipinski definition) is 3. The van der Waals surface area contributed by atoms with Crippen LogP contribution in [0.25, 0.3) is 0 Å². The maximum absolute atomic E-state index is 4.00. The zero-order chi connectivity index (χ0) is 4.83. The average Bonchev–Trinajstić information content (AvgIpc) is 1.36. The van der Waals surface area contributed by atoms with Crippen LogP contribution in [0.15, 0.2) is 0 Å². The van der Waals surface area contributed by atoms with Crippen LogP contribution in [-0.4, -0.2) is 17.0 Å². The highest BCUT2D eigenvalue weighted by atomic mass is 28.1. The van der Waals surface area contributed by atoms with Crippen LogP contribution in [0.4, 0.5) is 0 Å². The second kappa shape index (κ2) is 5.10. The van der Waals surface area contributed by atoms with Gasteiger partial charge in [-0.15, -0.1) is 0 Å². The molecule has 0 amide bonds. The molecule has 0 aromatic carbocycles. The standard InChI is InChI=1S/CH2O3.CH3Si/c1-2-4-3-1;1-2/h1H2;1H3. The maximum atomic E-state index is 4.00. The molecule has 0 saturated carbocycles. The lowest BCUT2D eigenvalue weighted by atomic mass is 11.5. The van der Waals surface area contributed by atoms with Gasteiger partial charge in [0.05, 0.1) is 0 Å². The highest BCUT2D eigenvalue weighted by Crippen LogP contribution is 1.90. The molecule has 1 aliphatic rings. The Morgan fingerprint density at radius 1 is 1.33 bits per heavy atom. The fourth-order valence-corrected chi connectivity index (χ4v) is 0.0481. The molecule has 35 valence electrons. The zero-order valence-corrected chi connectivity index (χ0v) is 4.43. The van der Waals surface area contributed by atoms with Crippen molar-refractivity contribution in [2.75, 3.05) is 6.79 Å².